The highest BCUT2D eigenvalue weighted by Crippen LogP contribution is 2.32. The van der Waals surface area contributed by atoms with Gasteiger partial charge < -0.3 is 9.64 Å². The monoisotopic (exact) mass is 345 g/mol. The summed E-state index contributed by atoms with van der Waals surface area (Å²) in [6.45, 7) is 1.03. The average Bonchev–Trinajstić information content (AvgIpc) is 2.79. The first-order chi connectivity index (χ1) is 8.22. The lowest BCUT2D eigenvalue weighted by molar-refractivity contribution is -0.136. The summed E-state index contributed by atoms with van der Waals surface area (Å²) < 4.78 is 6.15. The molecule has 0 N–H and O–H groups in total. The number of likely N-dealkylation sites (tertiary alicyclic amines) is 1. The highest BCUT2D eigenvalue weighted by molar-refractivity contribution is 14.1. The van der Waals surface area contributed by atoms with Crippen LogP contribution in [0.5, 0.6) is 0 Å². The van der Waals surface area contributed by atoms with E-state index in [1.165, 1.54) is 9.13 Å². The molecule has 0 spiro atoms. The molecule has 1 atom stereocenters. The molecule has 1 fully saturated rings. The molecule has 1 aromatic carbocycles. The van der Waals surface area contributed by atoms with Gasteiger partial charge >= 0.3 is 0 Å². The summed E-state index contributed by atoms with van der Waals surface area (Å²) in [6.07, 6.45) is 2.13. The van der Waals surface area contributed by atoms with Crippen molar-refractivity contribution < 1.29 is 9.53 Å². The largest absolute Gasteiger partial charge is 0.375 e. The first-order valence-electron chi connectivity index (χ1n) is 5.76. The minimum Gasteiger partial charge on any atom is -0.375 e. The number of methoxy groups -OCH3 is 1. The molecule has 0 aromatic heterocycles. The van der Waals surface area contributed by atoms with Gasteiger partial charge in [0, 0.05) is 17.2 Å². The van der Waals surface area contributed by atoms with Gasteiger partial charge in [-0.1, -0.05) is 12.1 Å². The Kier molecular flexibility index (Phi) is 4.39. The van der Waals surface area contributed by atoms with Gasteiger partial charge in [0.2, 0.25) is 5.91 Å². The lowest BCUT2D eigenvalue weighted by atomic mass is 10.0. The molecule has 1 saturated heterocycles. The van der Waals surface area contributed by atoms with Crippen LogP contribution in [0.3, 0.4) is 0 Å². The van der Waals surface area contributed by atoms with Crippen molar-refractivity contribution in [2.45, 2.75) is 18.9 Å². The molecule has 0 bridgehead atoms. The normalized spacial score (nSPS) is 19.6. The number of carbonyl (C=O) groups excluding carboxylic acids is 1. The second kappa shape index (κ2) is 5.82. The third kappa shape index (κ3) is 2.98. The molecule has 0 saturated carbocycles. The van der Waals surface area contributed by atoms with E-state index in [-0.39, 0.29) is 18.6 Å². The maximum Gasteiger partial charge on any atom is 0.249 e. The Morgan fingerprint density at radius 2 is 2.18 bits per heavy atom. The van der Waals surface area contributed by atoms with Crippen molar-refractivity contribution in [3.8, 4) is 0 Å². The summed E-state index contributed by atoms with van der Waals surface area (Å²) in [6, 6.07) is 8.64. The van der Waals surface area contributed by atoms with Crippen LogP contribution in [0.15, 0.2) is 24.3 Å². The molecule has 4 heteroatoms. The van der Waals surface area contributed by atoms with Crippen molar-refractivity contribution in [2.24, 2.45) is 0 Å². The summed E-state index contributed by atoms with van der Waals surface area (Å²) >= 11 is 2.29. The maximum absolute atomic E-state index is 11.9. The summed E-state index contributed by atoms with van der Waals surface area (Å²) in [5.41, 5.74) is 1.23. The zero-order valence-electron chi connectivity index (χ0n) is 9.86. The number of benzene rings is 1. The number of ether oxygens (including phenoxy) is 1. The standard InChI is InChI=1S/C13H16INO2/c1-17-9-13(16)15-8-2-3-12(15)10-4-6-11(14)7-5-10/h4-7,12H,2-3,8-9H2,1H3/t12-/m1/s1. The molecule has 0 aliphatic carbocycles. The Balaban J connectivity index is 2.14. The van der Waals surface area contributed by atoms with Crippen LogP contribution in [0, 0.1) is 3.57 Å². The number of hydrogen-bond acceptors (Lipinski definition) is 2. The summed E-state index contributed by atoms with van der Waals surface area (Å²) in [7, 11) is 1.56. The third-order valence-electron chi connectivity index (χ3n) is 3.10. The molecule has 2 rings (SSSR count). The van der Waals surface area contributed by atoms with Crippen molar-refractivity contribution >= 4 is 28.5 Å². The predicted molar refractivity (Wildman–Crippen MR) is 74.7 cm³/mol. The van der Waals surface area contributed by atoms with Crippen LogP contribution in [0.4, 0.5) is 0 Å². The van der Waals surface area contributed by atoms with E-state index in [4.69, 9.17) is 4.74 Å². The third-order valence-corrected chi connectivity index (χ3v) is 3.81. The predicted octanol–water partition coefficient (Wildman–Crippen LogP) is 2.60. The zero-order chi connectivity index (χ0) is 12.3. The van der Waals surface area contributed by atoms with E-state index in [1.54, 1.807) is 7.11 Å². The Labute approximate surface area is 115 Å². The van der Waals surface area contributed by atoms with Crippen molar-refractivity contribution in [1.82, 2.24) is 4.90 Å². The van der Waals surface area contributed by atoms with Crippen LogP contribution in [0.2, 0.25) is 0 Å². The smallest absolute Gasteiger partial charge is 0.249 e. The lowest BCUT2D eigenvalue weighted by Crippen LogP contribution is -2.33. The fraction of sp³-hybridized carbons (Fsp3) is 0.462. The number of rotatable bonds is 3. The average molecular weight is 345 g/mol. The van der Waals surface area contributed by atoms with Gasteiger partial charge in [-0.2, -0.15) is 0 Å². The first kappa shape index (κ1) is 12.8. The second-order valence-electron chi connectivity index (χ2n) is 4.23. The Morgan fingerprint density at radius 3 is 2.82 bits per heavy atom. The van der Waals surface area contributed by atoms with Crippen molar-refractivity contribution in [3.63, 3.8) is 0 Å². The minimum absolute atomic E-state index is 0.0913. The van der Waals surface area contributed by atoms with E-state index in [9.17, 15) is 4.79 Å². The molecule has 0 radical (unpaired) electrons. The van der Waals surface area contributed by atoms with Gasteiger partial charge in [-0.3, -0.25) is 4.79 Å². The highest BCUT2D eigenvalue weighted by Gasteiger charge is 2.29. The van der Waals surface area contributed by atoms with Gasteiger partial charge in [-0.25, -0.2) is 0 Å². The van der Waals surface area contributed by atoms with Gasteiger partial charge in [0.15, 0.2) is 0 Å². The fourth-order valence-electron chi connectivity index (χ4n) is 2.30. The van der Waals surface area contributed by atoms with E-state index in [0.717, 1.165) is 19.4 Å². The Morgan fingerprint density at radius 1 is 1.47 bits per heavy atom. The molecular weight excluding hydrogens is 329 g/mol. The van der Waals surface area contributed by atoms with Gasteiger partial charge in [0.05, 0.1) is 6.04 Å². The van der Waals surface area contributed by atoms with Crippen LogP contribution >= 0.6 is 22.6 Å². The van der Waals surface area contributed by atoms with Gasteiger partial charge in [0.1, 0.15) is 6.61 Å². The SMILES string of the molecule is COCC(=O)N1CCC[C@@H]1c1ccc(I)cc1. The minimum atomic E-state index is 0.0913. The molecule has 1 aromatic rings. The number of amides is 1. The molecule has 3 nitrogen and oxygen atoms in total. The van der Waals surface area contributed by atoms with Crippen molar-refractivity contribution in [2.75, 3.05) is 20.3 Å². The van der Waals surface area contributed by atoms with Crippen LogP contribution in [-0.2, 0) is 9.53 Å². The van der Waals surface area contributed by atoms with E-state index < -0.39 is 0 Å². The number of carbonyl (C=O) groups is 1. The lowest BCUT2D eigenvalue weighted by Gasteiger charge is -2.24. The molecule has 92 valence electrons. The molecule has 1 aliphatic heterocycles. The van der Waals surface area contributed by atoms with Crippen LogP contribution < -0.4 is 0 Å². The van der Waals surface area contributed by atoms with Gasteiger partial charge in [0.25, 0.3) is 0 Å². The van der Waals surface area contributed by atoms with E-state index >= 15 is 0 Å². The van der Waals surface area contributed by atoms with Gasteiger partial charge in [-0.15, -0.1) is 0 Å². The van der Waals surface area contributed by atoms with Crippen molar-refractivity contribution in [3.05, 3.63) is 33.4 Å². The quantitative estimate of drug-likeness (QED) is 0.789. The number of nitrogens with zero attached hydrogens (tertiary/aromatic N) is 1. The van der Waals surface area contributed by atoms with E-state index in [1.807, 2.05) is 4.90 Å². The molecule has 1 heterocycles. The van der Waals surface area contributed by atoms with Crippen LogP contribution in [-0.4, -0.2) is 31.1 Å². The van der Waals surface area contributed by atoms with E-state index in [0.29, 0.717) is 0 Å². The topological polar surface area (TPSA) is 29.5 Å². The second-order valence-corrected chi connectivity index (χ2v) is 5.48. The van der Waals surface area contributed by atoms with Crippen molar-refractivity contribution in [1.29, 1.82) is 0 Å². The number of hydrogen-bond donors (Lipinski definition) is 0. The molecule has 1 amide bonds. The Bertz CT molecular complexity index is 391. The molecular formula is C13H16INO2. The zero-order valence-corrected chi connectivity index (χ0v) is 12.0. The van der Waals surface area contributed by atoms with Gasteiger partial charge in [-0.05, 0) is 53.1 Å². The maximum atomic E-state index is 11.9. The first-order valence-corrected chi connectivity index (χ1v) is 6.84. The summed E-state index contributed by atoms with van der Waals surface area (Å²) in [5, 5.41) is 0. The Hall–Kier alpha value is -0.620. The highest BCUT2D eigenvalue weighted by atomic mass is 127. The number of halogens is 1. The van der Waals surface area contributed by atoms with Crippen LogP contribution in [0.25, 0.3) is 0 Å². The molecule has 0 unspecified atom stereocenters. The fourth-order valence-corrected chi connectivity index (χ4v) is 2.66. The summed E-state index contributed by atoms with van der Waals surface area (Å²) in [5.74, 6) is 0.0913. The van der Waals surface area contributed by atoms with E-state index in [2.05, 4.69) is 46.9 Å². The van der Waals surface area contributed by atoms with Crippen LogP contribution in [0.1, 0.15) is 24.4 Å². The molecule has 17 heavy (non-hydrogen) atoms. The summed E-state index contributed by atoms with van der Waals surface area (Å²) in [4.78, 5) is 13.8. The molecule has 1 aliphatic rings.